The smallest absolute Gasteiger partial charge is 0.417 e. The van der Waals surface area contributed by atoms with Crippen molar-refractivity contribution in [3.05, 3.63) is 35.4 Å². The first-order valence-corrected chi connectivity index (χ1v) is 5.95. The Hall–Kier alpha value is -2.42. The lowest BCUT2D eigenvalue weighted by Crippen LogP contribution is -2.55. The molecule has 0 unspecified atom stereocenters. The summed E-state index contributed by atoms with van der Waals surface area (Å²) >= 11 is 0. The van der Waals surface area contributed by atoms with Crippen LogP contribution in [0.15, 0.2) is 24.3 Å². The fraction of sp³-hybridized carbons (Fsp3) is 0.308. The molecule has 0 radical (unpaired) electrons. The molecule has 0 spiro atoms. The molecule has 0 amide bonds. The van der Waals surface area contributed by atoms with Gasteiger partial charge in [-0.15, -0.1) is 0 Å². The van der Waals surface area contributed by atoms with Crippen LogP contribution in [0.2, 0.25) is 0 Å². The molecule has 0 saturated carbocycles. The van der Waals surface area contributed by atoms with Crippen molar-refractivity contribution in [2.75, 3.05) is 0 Å². The number of carboxylic acids is 2. The van der Waals surface area contributed by atoms with Crippen LogP contribution in [0.25, 0.3) is 0 Å². The number of carbonyl (C=O) groups is 3. The van der Waals surface area contributed by atoms with E-state index in [1.807, 2.05) is 0 Å². The minimum absolute atomic E-state index is 0.618. The summed E-state index contributed by atoms with van der Waals surface area (Å²) in [5.41, 5.74) is 0.408. The zero-order valence-electron chi connectivity index (χ0n) is 11.1. The quantitative estimate of drug-likeness (QED) is 0.541. The molecular formula is C13H12F3NO5. The van der Waals surface area contributed by atoms with Gasteiger partial charge in [-0.1, -0.05) is 18.2 Å². The van der Waals surface area contributed by atoms with E-state index in [4.69, 9.17) is 15.9 Å². The number of hydrogen-bond donors (Lipinski definition) is 3. The number of carbonyl (C=O) groups excluding carboxylic acids is 1. The molecule has 0 aromatic heterocycles. The fourth-order valence-corrected chi connectivity index (χ4v) is 1.79. The first-order chi connectivity index (χ1) is 10.00. The molecule has 4 N–H and O–H groups in total. The zero-order valence-corrected chi connectivity index (χ0v) is 11.1. The van der Waals surface area contributed by atoms with Crippen LogP contribution in [-0.2, 0) is 15.8 Å². The lowest BCUT2D eigenvalue weighted by atomic mass is 9.84. The van der Waals surface area contributed by atoms with Crippen LogP contribution in [-0.4, -0.2) is 33.5 Å². The molecule has 1 aromatic carbocycles. The molecule has 1 aromatic rings. The van der Waals surface area contributed by atoms with Crippen LogP contribution >= 0.6 is 0 Å². The molecule has 0 heterocycles. The summed E-state index contributed by atoms with van der Waals surface area (Å²) in [6.07, 6.45) is -6.48. The molecule has 6 nitrogen and oxygen atoms in total. The predicted molar refractivity (Wildman–Crippen MR) is 67.2 cm³/mol. The lowest BCUT2D eigenvalue weighted by molar-refractivity contribution is -0.143. The highest BCUT2D eigenvalue weighted by atomic mass is 19.4. The molecule has 0 aliphatic carbocycles. The standard InChI is InChI=1S/C13H12F3NO5/c14-13(15,16)8-4-2-1-3-7(8)10(20)12(17,11(21)22)6-5-9(18)19/h1-4H,5-6,17H2,(H,18,19)(H,21,22)/t12-/m1/s1. The Morgan fingerprint density at radius 2 is 1.64 bits per heavy atom. The predicted octanol–water partition coefficient (Wildman–Crippen LogP) is 1.54. The van der Waals surface area contributed by atoms with Crippen molar-refractivity contribution in [2.24, 2.45) is 5.73 Å². The molecule has 1 rings (SSSR count). The Balaban J connectivity index is 3.33. The van der Waals surface area contributed by atoms with E-state index >= 15 is 0 Å². The van der Waals surface area contributed by atoms with Gasteiger partial charge in [-0.05, 0) is 12.5 Å². The largest absolute Gasteiger partial charge is 0.481 e. The molecule has 22 heavy (non-hydrogen) atoms. The first-order valence-electron chi connectivity index (χ1n) is 5.95. The van der Waals surface area contributed by atoms with Crippen molar-refractivity contribution in [1.82, 2.24) is 0 Å². The van der Waals surface area contributed by atoms with E-state index in [0.29, 0.717) is 6.07 Å². The third-order valence-corrected chi connectivity index (χ3v) is 3.00. The highest BCUT2D eigenvalue weighted by molar-refractivity contribution is 6.16. The highest BCUT2D eigenvalue weighted by Gasteiger charge is 2.46. The summed E-state index contributed by atoms with van der Waals surface area (Å²) in [5.74, 6) is -4.81. The SMILES string of the molecule is N[C@@](CCC(=O)O)(C(=O)O)C(=O)c1ccccc1C(F)(F)F. The number of alkyl halides is 3. The third kappa shape index (κ3) is 3.61. The Kier molecular flexibility index (Phi) is 4.92. The average Bonchev–Trinajstić information content (AvgIpc) is 2.42. The van der Waals surface area contributed by atoms with Crippen LogP contribution in [0.1, 0.15) is 28.8 Å². The van der Waals surface area contributed by atoms with Gasteiger partial charge in [0.2, 0.25) is 0 Å². The number of halogens is 3. The van der Waals surface area contributed by atoms with Gasteiger partial charge < -0.3 is 15.9 Å². The molecule has 0 bridgehead atoms. The summed E-state index contributed by atoms with van der Waals surface area (Å²) < 4.78 is 38.6. The maximum atomic E-state index is 12.9. The normalized spacial score (nSPS) is 14.2. The Morgan fingerprint density at radius 3 is 2.09 bits per heavy atom. The number of aliphatic carboxylic acids is 2. The Morgan fingerprint density at radius 1 is 1.09 bits per heavy atom. The van der Waals surface area contributed by atoms with Crippen molar-refractivity contribution in [3.63, 3.8) is 0 Å². The third-order valence-electron chi connectivity index (χ3n) is 3.00. The maximum Gasteiger partial charge on any atom is 0.417 e. The first kappa shape index (κ1) is 17.6. The Bertz CT molecular complexity index is 614. The van der Waals surface area contributed by atoms with Crippen molar-refractivity contribution in [1.29, 1.82) is 0 Å². The minimum atomic E-state index is -4.88. The number of ketones is 1. The van der Waals surface area contributed by atoms with Gasteiger partial charge in [0, 0.05) is 12.0 Å². The van der Waals surface area contributed by atoms with E-state index in [-0.39, 0.29) is 0 Å². The Labute approximate surface area is 122 Å². The molecule has 0 aliphatic rings. The van der Waals surface area contributed by atoms with Crippen LogP contribution in [0.5, 0.6) is 0 Å². The van der Waals surface area contributed by atoms with Gasteiger partial charge >= 0.3 is 18.1 Å². The van der Waals surface area contributed by atoms with Crippen LogP contribution in [0.4, 0.5) is 13.2 Å². The summed E-state index contributed by atoms with van der Waals surface area (Å²) in [5, 5.41) is 17.6. The van der Waals surface area contributed by atoms with E-state index in [1.54, 1.807) is 0 Å². The van der Waals surface area contributed by atoms with E-state index < -0.39 is 53.4 Å². The van der Waals surface area contributed by atoms with Gasteiger partial charge in [-0.3, -0.25) is 9.59 Å². The van der Waals surface area contributed by atoms with Gasteiger partial charge in [0.25, 0.3) is 0 Å². The van der Waals surface area contributed by atoms with Gasteiger partial charge in [-0.25, -0.2) is 4.79 Å². The molecule has 1 atom stereocenters. The van der Waals surface area contributed by atoms with Crippen molar-refractivity contribution in [3.8, 4) is 0 Å². The van der Waals surface area contributed by atoms with Gasteiger partial charge in [-0.2, -0.15) is 13.2 Å². The summed E-state index contributed by atoms with van der Waals surface area (Å²) in [6.45, 7) is 0. The van der Waals surface area contributed by atoms with Gasteiger partial charge in [0.15, 0.2) is 11.3 Å². The molecule has 0 aliphatic heterocycles. The molecule has 9 heteroatoms. The van der Waals surface area contributed by atoms with Crippen LogP contribution in [0, 0.1) is 0 Å². The second-order valence-electron chi connectivity index (χ2n) is 4.54. The van der Waals surface area contributed by atoms with Crippen LogP contribution in [0.3, 0.4) is 0 Å². The molecular weight excluding hydrogens is 307 g/mol. The molecule has 120 valence electrons. The van der Waals surface area contributed by atoms with Crippen molar-refractivity contribution < 1.29 is 37.8 Å². The van der Waals surface area contributed by atoms with Crippen molar-refractivity contribution in [2.45, 2.75) is 24.6 Å². The monoisotopic (exact) mass is 319 g/mol. The van der Waals surface area contributed by atoms with E-state index in [2.05, 4.69) is 0 Å². The van der Waals surface area contributed by atoms with E-state index in [1.165, 1.54) is 0 Å². The number of nitrogens with two attached hydrogens (primary N) is 1. The average molecular weight is 319 g/mol. The second kappa shape index (κ2) is 6.14. The number of Topliss-reactive ketones (excluding diaryl/α,β-unsaturated/α-hetero) is 1. The minimum Gasteiger partial charge on any atom is -0.481 e. The number of rotatable bonds is 6. The van der Waals surface area contributed by atoms with Gasteiger partial charge in [0.05, 0.1) is 5.56 Å². The highest BCUT2D eigenvalue weighted by Crippen LogP contribution is 2.33. The summed E-state index contributed by atoms with van der Waals surface area (Å²) in [6, 6.07) is 3.58. The number of benzene rings is 1. The lowest BCUT2D eigenvalue weighted by Gasteiger charge is -2.24. The van der Waals surface area contributed by atoms with Gasteiger partial charge in [0.1, 0.15) is 0 Å². The fourth-order valence-electron chi connectivity index (χ4n) is 1.79. The number of hydrogen-bond acceptors (Lipinski definition) is 4. The summed E-state index contributed by atoms with van der Waals surface area (Å²) in [7, 11) is 0. The molecule has 0 fully saturated rings. The van der Waals surface area contributed by atoms with E-state index in [0.717, 1.165) is 18.2 Å². The molecule has 0 saturated heterocycles. The van der Waals surface area contributed by atoms with Crippen molar-refractivity contribution >= 4 is 17.7 Å². The second-order valence-corrected chi connectivity index (χ2v) is 4.54. The summed E-state index contributed by atoms with van der Waals surface area (Å²) in [4.78, 5) is 33.9. The maximum absolute atomic E-state index is 12.9. The number of carboxylic acid groups (broad SMARTS) is 2. The van der Waals surface area contributed by atoms with Crippen LogP contribution < -0.4 is 5.73 Å². The zero-order chi connectivity index (χ0) is 17.1. The van der Waals surface area contributed by atoms with E-state index in [9.17, 15) is 27.6 Å². The topological polar surface area (TPSA) is 118 Å².